The van der Waals surface area contributed by atoms with E-state index in [0.717, 1.165) is 23.1 Å². The zero-order valence-electron chi connectivity index (χ0n) is 19.2. The molecular formula is C24H20N4O7S2. The number of fused-ring (bicyclic) bond motifs is 2. The van der Waals surface area contributed by atoms with Gasteiger partial charge in [-0.2, -0.15) is 4.90 Å². The van der Waals surface area contributed by atoms with Gasteiger partial charge in [-0.1, -0.05) is 41.3 Å². The Morgan fingerprint density at radius 2 is 1.78 bits per heavy atom. The normalized spacial score (nSPS) is 20.4. The second kappa shape index (κ2) is 9.41. The summed E-state index contributed by atoms with van der Waals surface area (Å²) in [4.78, 5) is 64.4. The van der Waals surface area contributed by atoms with Crippen molar-refractivity contribution in [2.75, 3.05) is 12.4 Å². The van der Waals surface area contributed by atoms with Crippen molar-refractivity contribution >= 4 is 52.5 Å². The van der Waals surface area contributed by atoms with Gasteiger partial charge in [0.2, 0.25) is 11.8 Å². The highest BCUT2D eigenvalue weighted by atomic mass is 32.2. The van der Waals surface area contributed by atoms with Crippen LogP contribution in [0, 0.1) is 5.92 Å². The van der Waals surface area contributed by atoms with Crippen molar-refractivity contribution in [1.82, 2.24) is 9.47 Å². The molecule has 0 unspecified atom stereocenters. The molecule has 0 radical (unpaired) electrons. The number of rotatable bonds is 5. The minimum atomic E-state index is -1.19. The molecular weight excluding hydrogens is 520 g/mol. The first kappa shape index (κ1) is 24.6. The summed E-state index contributed by atoms with van der Waals surface area (Å²) in [6.45, 7) is -0.351. The van der Waals surface area contributed by atoms with Gasteiger partial charge in [0, 0.05) is 22.0 Å². The molecule has 3 heterocycles. The van der Waals surface area contributed by atoms with Crippen molar-refractivity contribution in [3.05, 3.63) is 68.6 Å². The van der Waals surface area contributed by atoms with Crippen LogP contribution < -0.4 is 20.7 Å². The van der Waals surface area contributed by atoms with Gasteiger partial charge in [0.15, 0.2) is 0 Å². The molecule has 2 aromatic carbocycles. The number of methoxy groups -OCH3 is 1. The summed E-state index contributed by atoms with van der Waals surface area (Å²) in [7, 11) is 1.52. The van der Waals surface area contributed by atoms with Crippen LogP contribution in [0.1, 0.15) is 16.4 Å². The van der Waals surface area contributed by atoms with Gasteiger partial charge in [0.1, 0.15) is 23.3 Å². The highest BCUT2D eigenvalue weighted by molar-refractivity contribution is 8.00. The number of aromatic hydroxyl groups is 1. The van der Waals surface area contributed by atoms with Crippen molar-refractivity contribution < 1.29 is 29.0 Å². The maximum Gasteiger partial charge on any atom is 0.328 e. The average Bonchev–Trinajstić information content (AvgIpc) is 3.31. The van der Waals surface area contributed by atoms with Crippen molar-refractivity contribution in [1.29, 1.82) is 0 Å². The van der Waals surface area contributed by atoms with Gasteiger partial charge in [0.05, 0.1) is 18.1 Å². The number of anilines is 1. The summed E-state index contributed by atoms with van der Waals surface area (Å²) in [6, 6.07) is 11.7. The molecule has 0 aliphatic carbocycles. The van der Waals surface area contributed by atoms with E-state index in [9.17, 15) is 29.1 Å². The zero-order chi connectivity index (χ0) is 26.4. The SMILES string of the molecule is COc1ccc(NC(=O)Cn2c3c(sc2=O)[C@@H](c2ccccc2O)[C@H]2C(=O)N(C(N)=O)C(=O)[C@H]2S3)cc1. The summed E-state index contributed by atoms with van der Waals surface area (Å²) in [5, 5.41) is 12.6. The van der Waals surface area contributed by atoms with Crippen LogP contribution in [-0.2, 0) is 20.9 Å². The Morgan fingerprint density at radius 1 is 1.08 bits per heavy atom. The van der Waals surface area contributed by atoms with Gasteiger partial charge in [-0.15, -0.1) is 0 Å². The molecule has 1 saturated heterocycles. The van der Waals surface area contributed by atoms with Gasteiger partial charge in [0.25, 0.3) is 5.91 Å². The highest BCUT2D eigenvalue weighted by Crippen LogP contribution is 2.54. The Morgan fingerprint density at radius 3 is 2.43 bits per heavy atom. The van der Waals surface area contributed by atoms with Crippen LogP contribution >= 0.6 is 23.1 Å². The number of ether oxygens (including phenoxy) is 1. The molecule has 13 heteroatoms. The number of hydrogen-bond acceptors (Lipinski definition) is 9. The second-order valence-corrected chi connectivity index (χ2v) is 10.5. The number of aromatic nitrogens is 1. The zero-order valence-corrected chi connectivity index (χ0v) is 20.9. The fraction of sp³-hybridized carbons (Fsp3) is 0.208. The monoisotopic (exact) mass is 540 g/mol. The minimum Gasteiger partial charge on any atom is -0.508 e. The maximum atomic E-state index is 13.2. The summed E-state index contributed by atoms with van der Waals surface area (Å²) >= 11 is 1.77. The van der Waals surface area contributed by atoms with Gasteiger partial charge in [-0.05, 0) is 30.3 Å². The number of phenolic OH excluding ortho intramolecular Hbond substituents is 1. The van der Waals surface area contributed by atoms with E-state index in [-0.39, 0.29) is 12.3 Å². The standard InChI is InChI=1S/C24H20N4O7S2/c1-35-12-8-6-11(7-9-12)26-15(30)10-27-22-19(37-24(27)34)16(13-4-2-3-5-14(13)29)17-18(36-22)21(32)28(20(17)31)23(25)33/h2-9,16-18,29H,10H2,1H3,(H2,25,33)(H,26,30)/t16-,17+,18-/m0/s1. The number of thioether (sulfide) groups is 1. The van der Waals surface area contributed by atoms with E-state index in [1.807, 2.05) is 0 Å². The Balaban J connectivity index is 1.54. The van der Waals surface area contributed by atoms with Crippen LogP contribution in [0.4, 0.5) is 10.5 Å². The summed E-state index contributed by atoms with van der Waals surface area (Å²) in [5.74, 6) is -3.56. The summed E-state index contributed by atoms with van der Waals surface area (Å²) in [5.41, 5.74) is 6.13. The van der Waals surface area contributed by atoms with Gasteiger partial charge in [-0.3, -0.25) is 23.7 Å². The van der Waals surface area contributed by atoms with E-state index in [2.05, 4.69) is 5.32 Å². The molecule has 3 atom stereocenters. The van der Waals surface area contributed by atoms with Crippen LogP contribution in [-0.4, -0.2) is 50.7 Å². The highest BCUT2D eigenvalue weighted by Gasteiger charge is 2.58. The summed E-state index contributed by atoms with van der Waals surface area (Å²) in [6.07, 6.45) is 0. The van der Waals surface area contributed by atoms with E-state index < -0.39 is 45.7 Å². The number of urea groups is 1. The number of imide groups is 3. The first-order valence-corrected chi connectivity index (χ1v) is 12.7. The molecule has 37 heavy (non-hydrogen) atoms. The number of para-hydroxylation sites is 1. The number of primary amides is 1. The van der Waals surface area contributed by atoms with E-state index >= 15 is 0 Å². The van der Waals surface area contributed by atoms with Crippen molar-refractivity contribution in [3.8, 4) is 11.5 Å². The lowest BCUT2D eigenvalue weighted by Crippen LogP contribution is -2.41. The predicted molar refractivity (Wildman–Crippen MR) is 135 cm³/mol. The van der Waals surface area contributed by atoms with Crippen LogP contribution in [0.25, 0.3) is 0 Å². The van der Waals surface area contributed by atoms with Gasteiger partial charge < -0.3 is 20.9 Å². The smallest absolute Gasteiger partial charge is 0.328 e. The molecule has 1 fully saturated rings. The number of carbonyl (C=O) groups is 4. The van der Waals surface area contributed by atoms with Crippen molar-refractivity contribution in [3.63, 3.8) is 0 Å². The Kier molecular flexibility index (Phi) is 6.25. The Hall–Kier alpha value is -4.10. The largest absolute Gasteiger partial charge is 0.508 e. The third-order valence-electron chi connectivity index (χ3n) is 6.22. The molecule has 0 saturated carbocycles. The minimum absolute atomic E-state index is 0.133. The second-order valence-electron chi connectivity index (χ2n) is 8.35. The number of benzene rings is 2. The third kappa shape index (κ3) is 4.15. The predicted octanol–water partition coefficient (Wildman–Crippen LogP) is 1.93. The van der Waals surface area contributed by atoms with E-state index in [1.54, 1.807) is 42.5 Å². The summed E-state index contributed by atoms with van der Waals surface area (Å²) < 4.78 is 6.34. The molecule has 5 rings (SSSR count). The number of nitrogens with zero attached hydrogens (tertiary/aromatic N) is 2. The molecule has 1 aromatic heterocycles. The molecule has 190 valence electrons. The van der Waals surface area contributed by atoms with Crippen molar-refractivity contribution in [2.45, 2.75) is 22.7 Å². The first-order valence-electron chi connectivity index (χ1n) is 11.0. The Labute approximate surface area is 217 Å². The number of nitrogens with two attached hydrogens (primary N) is 1. The van der Waals surface area contributed by atoms with E-state index in [4.69, 9.17) is 10.5 Å². The molecule has 4 N–H and O–H groups in total. The number of likely N-dealkylation sites (tertiary alicyclic amines) is 1. The van der Waals surface area contributed by atoms with Crippen LogP contribution in [0.15, 0.2) is 58.4 Å². The number of carbonyl (C=O) groups excluding carboxylic acids is 4. The van der Waals surface area contributed by atoms with Gasteiger partial charge >= 0.3 is 10.9 Å². The molecule has 3 aromatic rings. The molecule has 2 aliphatic heterocycles. The molecule has 11 nitrogen and oxygen atoms in total. The molecule has 2 aliphatic rings. The fourth-order valence-electron chi connectivity index (χ4n) is 4.58. The first-order chi connectivity index (χ1) is 17.7. The molecule has 0 bridgehead atoms. The third-order valence-corrected chi connectivity index (χ3v) is 8.82. The Bertz CT molecular complexity index is 1500. The number of phenols is 1. The number of amides is 5. The topological polar surface area (TPSA) is 161 Å². The number of thiazole rings is 1. The van der Waals surface area contributed by atoms with Crippen LogP contribution in [0.5, 0.6) is 11.5 Å². The number of hydrogen-bond donors (Lipinski definition) is 3. The van der Waals surface area contributed by atoms with Gasteiger partial charge in [-0.25, -0.2) is 4.79 Å². The van der Waals surface area contributed by atoms with Crippen LogP contribution in [0.3, 0.4) is 0 Å². The lowest BCUT2D eigenvalue weighted by Gasteiger charge is -2.31. The quantitative estimate of drug-likeness (QED) is 0.414. The van der Waals surface area contributed by atoms with E-state index in [1.165, 1.54) is 17.7 Å². The lowest BCUT2D eigenvalue weighted by atomic mass is 9.82. The van der Waals surface area contributed by atoms with Crippen molar-refractivity contribution in [2.24, 2.45) is 11.7 Å². The lowest BCUT2D eigenvalue weighted by molar-refractivity contribution is -0.135. The van der Waals surface area contributed by atoms with Crippen LogP contribution in [0.2, 0.25) is 0 Å². The fourth-order valence-corrected chi connectivity index (χ4v) is 7.34. The molecule has 5 amide bonds. The maximum absolute atomic E-state index is 13.2. The molecule has 0 spiro atoms. The number of nitrogens with one attached hydrogen (secondary N) is 1. The average molecular weight is 541 g/mol. The van der Waals surface area contributed by atoms with E-state index in [0.29, 0.717) is 31.8 Å².